The number of fused-ring (bicyclic) bond motifs is 2. The summed E-state index contributed by atoms with van der Waals surface area (Å²) in [5.41, 5.74) is 3.85. The van der Waals surface area contributed by atoms with Crippen LogP contribution in [0, 0.1) is 5.92 Å². The summed E-state index contributed by atoms with van der Waals surface area (Å²) in [4.78, 5) is 1.21. The predicted molar refractivity (Wildman–Crippen MR) is 101 cm³/mol. The van der Waals surface area contributed by atoms with Crippen LogP contribution < -0.4 is 9.62 Å². The number of benzene rings is 2. The standard InChI is InChI=1S/C19H21ClN2OS/c1-22-17-5-3-2-4-15(17)19(21-11-13-8-9-23-12-13)16-7-6-14(20)10-18(16)24-22/h2-7,10,13,19,21H,8-9,11-12H2,1H3. The zero-order chi connectivity index (χ0) is 16.5. The van der Waals surface area contributed by atoms with Crippen LogP contribution in [0.4, 0.5) is 5.69 Å². The molecule has 1 fully saturated rings. The molecule has 0 aromatic heterocycles. The highest BCUT2D eigenvalue weighted by Crippen LogP contribution is 2.43. The van der Waals surface area contributed by atoms with E-state index < -0.39 is 0 Å². The summed E-state index contributed by atoms with van der Waals surface area (Å²) >= 11 is 7.98. The second-order valence-corrected chi connectivity index (χ2v) is 8.01. The number of rotatable bonds is 3. The van der Waals surface area contributed by atoms with E-state index in [4.69, 9.17) is 16.3 Å². The fourth-order valence-electron chi connectivity index (χ4n) is 3.46. The smallest absolute Gasteiger partial charge is 0.0609 e. The van der Waals surface area contributed by atoms with Crippen LogP contribution in [0.3, 0.4) is 0 Å². The zero-order valence-electron chi connectivity index (χ0n) is 13.7. The molecule has 4 rings (SSSR count). The van der Waals surface area contributed by atoms with Crippen molar-refractivity contribution in [1.29, 1.82) is 0 Å². The van der Waals surface area contributed by atoms with Crippen molar-refractivity contribution < 1.29 is 4.74 Å². The molecule has 5 heteroatoms. The zero-order valence-corrected chi connectivity index (χ0v) is 15.2. The van der Waals surface area contributed by atoms with Crippen LogP contribution in [0.2, 0.25) is 5.02 Å². The Labute approximate surface area is 152 Å². The second kappa shape index (κ2) is 6.96. The first-order chi connectivity index (χ1) is 11.7. The highest BCUT2D eigenvalue weighted by Gasteiger charge is 2.27. The van der Waals surface area contributed by atoms with Crippen LogP contribution in [0.5, 0.6) is 0 Å². The average Bonchev–Trinajstić information content (AvgIpc) is 3.06. The second-order valence-electron chi connectivity index (χ2n) is 6.40. The van der Waals surface area contributed by atoms with Gasteiger partial charge in [-0.2, -0.15) is 0 Å². The fourth-order valence-corrected chi connectivity index (χ4v) is 4.72. The van der Waals surface area contributed by atoms with Crippen molar-refractivity contribution in [2.24, 2.45) is 5.92 Å². The summed E-state index contributed by atoms with van der Waals surface area (Å²) in [6.45, 7) is 2.72. The lowest BCUT2D eigenvalue weighted by atomic mass is 9.96. The van der Waals surface area contributed by atoms with Gasteiger partial charge in [-0.15, -0.1) is 0 Å². The molecule has 0 amide bonds. The van der Waals surface area contributed by atoms with Gasteiger partial charge in [0.2, 0.25) is 0 Å². The third kappa shape index (κ3) is 3.16. The maximum absolute atomic E-state index is 6.25. The number of halogens is 1. The fraction of sp³-hybridized carbons (Fsp3) is 0.368. The van der Waals surface area contributed by atoms with E-state index in [1.807, 2.05) is 6.07 Å². The van der Waals surface area contributed by atoms with Gasteiger partial charge in [-0.05, 0) is 53.6 Å². The Balaban J connectivity index is 1.73. The van der Waals surface area contributed by atoms with Crippen molar-refractivity contribution in [3.05, 3.63) is 58.6 Å². The number of anilines is 1. The molecule has 2 atom stereocenters. The third-order valence-electron chi connectivity index (χ3n) is 4.74. The minimum absolute atomic E-state index is 0.173. The maximum atomic E-state index is 6.25. The molecule has 24 heavy (non-hydrogen) atoms. The molecule has 126 valence electrons. The Hall–Kier alpha value is -1.20. The van der Waals surface area contributed by atoms with Crippen molar-refractivity contribution in [3.8, 4) is 0 Å². The monoisotopic (exact) mass is 360 g/mol. The van der Waals surface area contributed by atoms with Gasteiger partial charge >= 0.3 is 0 Å². The molecule has 2 aromatic rings. The minimum atomic E-state index is 0.173. The minimum Gasteiger partial charge on any atom is -0.381 e. The van der Waals surface area contributed by atoms with E-state index in [1.54, 1.807) is 11.9 Å². The summed E-state index contributed by atoms with van der Waals surface area (Å²) < 4.78 is 7.75. The number of nitrogens with one attached hydrogen (secondary N) is 1. The van der Waals surface area contributed by atoms with Gasteiger partial charge in [0.15, 0.2) is 0 Å². The molecule has 2 unspecified atom stereocenters. The van der Waals surface area contributed by atoms with E-state index in [1.165, 1.54) is 21.7 Å². The molecule has 2 aliphatic rings. The molecule has 0 saturated carbocycles. The van der Waals surface area contributed by atoms with E-state index in [9.17, 15) is 0 Å². The molecule has 1 saturated heterocycles. The van der Waals surface area contributed by atoms with Crippen LogP contribution in [-0.2, 0) is 4.74 Å². The summed E-state index contributed by atoms with van der Waals surface area (Å²) in [6.07, 6.45) is 1.14. The first-order valence-electron chi connectivity index (χ1n) is 8.33. The molecule has 3 nitrogen and oxygen atoms in total. The molecular formula is C19H21ClN2OS. The van der Waals surface area contributed by atoms with Crippen molar-refractivity contribution in [1.82, 2.24) is 5.32 Å². The van der Waals surface area contributed by atoms with Crippen LogP contribution in [0.1, 0.15) is 23.6 Å². The van der Waals surface area contributed by atoms with Gasteiger partial charge in [-0.1, -0.05) is 35.9 Å². The van der Waals surface area contributed by atoms with Gasteiger partial charge in [-0.25, -0.2) is 0 Å². The Kier molecular flexibility index (Phi) is 4.72. The molecular weight excluding hydrogens is 340 g/mol. The van der Waals surface area contributed by atoms with Crippen LogP contribution in [-0.4, -0.2) is 26.8 Å². The number of para-hydroxylation sites is 1. The summed E-state index contributed by atoms with van der Waals surface area (Å²) in [5, 5.41) is 4.57. The number of ether oxygens (including phenoxy) is 1. The summed E-state index contributed by atoms with van der Waals surface area (Å²) in [5.74, 6) is 0.599. The van der Waals surface area contributed by atoms with Crippen LogP contribution in [0.15, 0.2) is 47.4 Å². The topological polar surface area (TPSA) is 24.5 Å². The lowest BCUT2D eigenvalue weighted by molar-refractivity contribution is 0.185. The lowest BCUT2D eigenvalue weighted by Crippen LogP contribution is -2.28. The molecule has 2 aromatic carbocycles. The van der Waals surface area contributed by atoms with E-state index in [0.29, 0.717) is 5.92 Å². The first-order valence-corrected chi connectivity index (χ1v) is 9.48. The Bertz CT molecular complexity index is 733. The van der Waals surface area contributed by atoms with Crippen molar-refractivity contribution in [2.75, 3.05) is 31.1 Å². The quantitative estimate of drug-likeness (QED) is 0.814. The summed E-state index contributed by atoms with van der Waals surface area (Å²) in [6, 6.07) is 15.0. The van der Waals surface area contributed by atoms with Crippen molar-refractivity contribution >= 4 is 29.2 Å². The van der Waals surface area contributed by atoms with Gasteiger partial charge in [0.25, 0.3) is 0 Å². The van der Waals surface area contributed by atoms with E-state index in [0.717, 1.165) is 31.2 Å². The van der Waals surface area contributed by atoms with E-state index in [-0.39, 0.29) is 6.04 Å². The van der Waals surface area contributed by atoms with Crippen molar-refractivity contribution in [3.63, 3.8) is 0 Å². The number of hydrogen-bond acceptors (Lipinski definition) is 4. The molecule has 1 N–H and O–H groups in total. The Morgan fingerprint density at radius 1 is 1.25 bits per heavy atom. The van der Waals surface area contributed by atoms with E-state index >= 15 is 0 Å². The average molecular weight is 361 g/mol. The Morgan fingerprint density at radius 2 is 2.12 bits per heavy atom. The molecule has 0 radical (unpaired) electrons. The van der Waals surface area contributed by atoms with Gasteiger partial charge in [0.05, 0.1) is 18.3 Å². The SMILES string of the molecule is CN1Sc2cc(Cl)ccc2C(NCC2CCOC2)c2ccccc21. The highest BCUT2D eigenvalue weighted by molar-refractivity contribution is 8.00. The van der Waals surface area contributed by atoms with Gasteiger partial charge in [0.1, 0.15) is 0 Å². The molecule has 2 heterocycles. The molecule has 0 bridgehead atoms. The molecule has 0 spiro atoms. The largest absolute Gasteiger partial charge is 0.381 e. The van der Waals surface area contributed by atoms with Gasteiger partial charge in [-0.3, -0.25) is 0 Å². The molecule has 0 aliphatic carbocycles. The third-order valence-corrected chi connectivity index (χ3v) is 6.00. The number of nitrogens with zero attached hydrogens (tertiary/aromatic N) is 1. The first kappa shape index (κ1) is 16.3. The van der Waals surface area contributed by atoms with E-state index in [2.05, 4.69) is 53.1 Å². The normalized spacial score (nSPS) is 22.8. The van der Waals surface area contributed by atoms with Crippen LogP contribution in [0.25, 0.3) is 0 Å². The molecule has 2 aliphatic heterocycles. The lowest BCUT2D eigenvalue weighted by Gasteiger charge is -2.23. The van der Waals surface area contributed by atoms with Crippen molar-refractivity contribution in [2.45, 2.75) is 17.4 Å². The maximum Gasteiger partial charge on any atom is 0.0609 e. The van der Waals surface area contributed by atoms with Gasteiger partial charge in [0, 0.05) is 30.1 Å². The summed E-state index contributed by atoms with van der Waals surface area (Å²) in [7, 11) is 2.11. The highest BCUT2D eigenvalue weighted by atomic mass is 35.5. The van der Waals surface area contributed by atoms with Gasteiger partial charge < -0.3 is 14.4 Å². The van der Waals surface area contributed by atoms with Crippen LogP contribution >= 0.6 is 23.5 Å². The predicted octanol–water partition coefficient (Wildman–Crippen LogP) is 4.51. The Morgan fingerprint density at radius 3 is 2.96 bits per heavy atom. The number of hydrogen-bond donors (Lipinski definition) is 1.